The summed E-state index contributed by atoms with van der Waals surface area (Å²) in [5, 5.41) is 3.46. The number of carbonyl (C=O) groups excluding carboxylic acids is 1. The molecule has 0 aliphatic rings. The number of rotatable bonds is 6. The van der Waals surface area contributed by atoms with E-state index in [-0.39, 0.29) is 12.5 Å². The molecule has 4 aromatic rings. The van der Waals surface area contributed by atoms with E-state index in [2.05, 4.69) is 10.3 Å². The van der Waals surface area contributed by atoms with E-state index in [1.807, 2.05) is 55.5 Å². The first-order chi connectivity index (χ1) is 14.1. The molecule has 29 heavy (non-hydrogen) atoms. The number of oxazole rings is 1. The highest BCUT2D eigenvalue weighted by molar-refractivity contribution is 6.30. The Labute approximate surface area is 173 Å². The Balaban J connectivity index is 1.33. The van der Waals surface area contributed by atoms with Crippen molar-refractivity contribution in [1.82, 2.24) is 4.98 Å². The molecule has 0 radical (unpaired) electrons. The molecule has 3 aromatic carbocycles. The van der Waals surface area contributed by atoms with Crippen molar-refractivity contribution in [2.45, 2.75) is 13.3 Å². The molecule has 1 amide bonds. The Morgan fingerprint density at radius 1 is 1.10 bits per heavy atom. The van der Waals surface area contributed by atoms with Gasteiger partial charge in [-0.25, -0.2) is 4.98 Å². The second-order valence-electron chi connectivity index (χ2n) is 6.70. The molecule has 1 heterocycles. The Bertz CT molecular complexity index is 1120. The van der Waals surface area contributed by atoms with Gasteiger partial charge in [-0.1, -0.05) is 35.9 Å². The zero-order valence-corrected chi connectivity index (χ0v) is 16.6. The van der Waals surface area contributed by atoms with E-state index in [4.69, 9.17) is 20.8 Å². The highest BCUT2D eigenvalue weighted by Crippen LogP contribution is 2.22. The van der Waals surface area contributed by atoms with Gasteiger partial charge in [0, 0.05) is 17.1 Å². The number of para-hydroxylation sites is 2. The molecule has 1 aromatic heterocycles. The van der Waals surface area contributed by atoms with Crippen LogP contribution in [0.5, 0.6) is 5.75 Å². The third-order valence-electron chi connectivity index (χ3n) is 4.43. The number of hydrogen-bond acceptors (Lipinski definition) is 4. The fourth-order valence-corrected chi connectivity index (χ4v) is 3.22. The third-order valence-corrected chi connectivity index (χ3v) is 4.66. The number of fused-ring (bicyclic) bond motifs is 1. The average molecular weight is 407 g/mol. The number of ether oxygens (including phenoxy) is 1. The van der Waals surface area contributed by atoms with Crippen LogP contribution in [0.15, 0.2) is 71.1 Å². The highest BCUT2D eigenvalue weighted by atomic mass is 35.5. The van der Waals surface area contributed by atoms with Crippen molar-refractivity contribution in [1.29, 1.82) is 0 Å². The first-order valence-corrected chi connectivity index (χ1v) is 9.57. The van der Waals surface area contributed by atoms with Gasteiger partial charge in [0.15, 0.2) is 18.1 Å². The minimum absolute atomic E-state index is 0.0763. The lowest BCUT2D eigenvalue weighted by molar-refractivity contribution is -0.118. The number of amides is 1. The van der Waals surface area contributed by atoms with Crippen molar-refractivity contribution in [3.05, 3.63) is 88.8 Å². The summed E-state index contributed by atoms with van der Waals surface area (Å²) in [5.74, 6) is 1.07. The molecule has 0 aliphatic carbocycles. The van der Waals surface area contributed by atoms with Crippen molar-refractivity contribution in [3.63, 3.8) is 0 Å². The van der Waals surface area contributed by atoms with Crippen LogP contribution >= 0.6 is 11.6 Å². The van der Waals surface area contributed by atoms with E-state index in [9.17, 15) is 4.79 Å². The number of aromatic nitrogens is 1. The van der Waals surface area contributed by atoms with Crippen molar-refractivity contribution in [3.8, 4) is 5.75 Å². The van der Waals surface area contributed by atoms with Gasteiger partial charge in [-0.15, -0.1) is 0 Å². The van der Waals surface area contributed by atoms with Gasteiger partial charge in [0.25, 0.3) is 5.91 Å². The summed E-state index contributed by atoms with van der Waals surface area (Å²) in [4.78, 5) is 16.6. The van der Waals surface area contributed by atoms with Gasteiger partial charge in [0.1, 0.15) is 11.3 Å². The van der Waals surface area contributed by atoms with Crippen molar-refractivity contribution in [2.24, 2.45) is 0 Å². The molecule has 0 saturated heterocycles. The standard InChI is InChI=1S/C23H19ClN2O3/c1-15-12-17(24)8-11-20(15)28-14-22(27)25-18-9-6-16(7-10-18)13-23-26-19-4-2-3-5-21(19)29-23/h2-12H,13-14H2,1H3,(H,25,27). The van der Waals surface area contributed by atoms with Gasteiger partial charge in [-0.05, 0) is 60.5 Å². The molecule has 0 atom stereocenters. The lowest BCUT2D eigenvalue weighted by Crippen LogP contribution is -2.20. The predicted octanol–water partition coefficient (Wildman–Crippen LogP) is 5.40. The summed E-state index contributed by atoms with van der Waals surface area (Å²) in [6.07, 6.45) is 0.585. The van der Waals surface area contributed by atoms with Crippen LogP contribution in [-0.4, -0.2) is 17.5 Å². The highest BCUT2D eigenvalue weighted by Gasteiger charge is 2.08. The maximum absolute atomic E-state index is 12.2. The summed E-state index contributed by atoms with van der Waals surface area (Å²) in [6.45, 7) is 1.81. The molecule has 4 rings (SSSR count). The lowest BCUT2D eigenvalue weighted by atomic mass is 10.1. The number of benzene rings is 3. The smallest absolute Gasteiger partial charge is 0.262 e. The fourth-order valence-electron chi connectivity index (χ4n) is 2.99. The molecule has 0 unspecified atom stereocenters. The number of anilines is 1. The van der Waals surface area contributed by atoms with E-state index in [0.717, 1.165) is 22.2 Å². The van der Waals surface area contributed by atoms with Crippen LogP contribution in [0.1, 0.15) is 17.0 Å². The first-order valence-electron chi connectivity index (χ1n) is 9.19. The van der Waals surface area contributed by atoms with Crippen LogP contribution in [-0.2, 0) is 11.2 Å². The van der Waals surface area contributed by atoms with Crippen LogP contribution in [0.4, 0.5) is 5.69 Å². The van der Waals surface area contributed by atoms with Gasteiger partial charge in [-0.3, -0.25) is 4.79 Å². The topological polar surface area (TPSA) is 64.4 Å². The van der Waals surface area contributed by atoms with Crippen molar-refractivity contribution < 1.29 is 13.9 Å². The largest absolute Gasteiger partial charge is 0.483 e. The third kappa shape index (κ3) is 4.76. The number of aryl methyl sites for hydroxylation is 1. The summed E-state index contributed by atoms with van der Waals surface area (Å²) >= 11 is 5.93. The number of hydrogen-bond donors (Lipinski definition) is 1. The normalized spacial score (nSPS) is 10.8. The molecule has 0 aliphatic heterocycles. The molecule has 146 valence electrons. The SMILES string of the molecule is Cc1cc(Cl)ccc1OCC(=O)Nc1ccc(Cc2nc3ccccc3o2)cc1. The second-order valence-corrected chi connectivity index (χ2v) is 7.13. The molecule has 0 fully saturated rings. The van der Waals surface area contributed by atoms with Gasteiger partial charge in [-0.2, -0.15) is 0 Å². The van der Waals surface area contributed by atoms with Crippen LogP contribution in [0, 0.1) is 6.92 Å². The van der Waals surface area contributed by atoms with E-state index >= 15 is 0 Å². The van der Waals surface area contributed by atoms with Gasteiger partial charge in [0.05, 0.1) is 0 Å². The Hall–Kier alpha value is -3.31. The number of nitrogens with zero attached hydrogens (tertiary/aromatic N) is 1. The second kappa shape index (κ2) is 8.37. The van der Waals surface area contributed by atoms with E-state index in [0.29, 0.717) is 28.8 Å². The molecule has 0 bridgehead atoms. The zero-order chi connectivity index (χ0) is 20.2. The minimum atomic E-state index is -0.231. The van der Waals surface area contributed by atoms with Gasteiger partial charge < -0.3 is 14.5 Å². The van der Waals surface area contributed by atoms with E-state index in [1.54, 1.807) is 18.2 Å². The Morgan fingerprint density at radius 2 is 1.90 bits per heavy atom. The van der Waals surface area contributed by atoms with Crippen molar-refractivity contribution >= 4 is 34.3 Å². The van der Waals surface area contributed by atoms with E-state index < -0.39 is 0 Å². The van der Waals surface area contributed by atoms with Crippen LogP contribution in [0.2, 0.25) is 5.02 Å². The monoisotopic (exact) mass is 406 g/mol. The Kier molecular flexibility index (Phi) is 5.49. The summed E-state index contributed by atoms with van der Waals surface area (Å²) in [5.41, 5.74) is 4.26. The average Bonchev–Trinajstić information content (AvgIpc) is 3.11. The lowest BCUT2D eigenvalue weighted by Gasteiger charge is -2.10. The minimum Gasteiger partial charge on any atom is -0.483 e. The van der Waals surface area contributed by atoms with E-state index in [1.165, 1.54) is 0 Å². The molecule has 0 spiro atoms. The number of carbonyl (C=O) groups is 1. The van der Waals surface area contributed by atoms with Crippen molar-refractivity contribution in [2.75, 3.05) is 11.9 Å². The predicted molar refractivity (Wildman–Crippen MR) is 114 cm³/mol. The number of nitrogens with one attached hydrogen (secondary N) is 1. The summed E-state index contributed by atoms with van der Waals surface area (Å²) in [6, 6.07) is 20.5. The molecule has 6 heteroatoms. The molecule has 1 N–H and O–H groups in total. The van der Waals surface area contributed by atoms with Crippen LogP contribution in [0.25, 0.3) is 11.1 Å². The van der Waals surface area contributed by atoms with Crippen LogP contribution < -0.4 is 10.1 Å². The summed E-state index contributed by atoms with van der Waals surface area (Å²) in [7, 11) is 0. The maximum Gasteiger partial charge on any atom is 0.262 e. The summed E-state index contributed by atoms with van der Waals surface area (Å²) < 4.78 is 11.3. The van der Waals surface area contributed by atoms with Gasteiger partial charge >= 0.3 is 0 Å². The Morgan fingerprint density at radius 3 is 2.66 bits per heavy atom. The molecular weight excluding hydrogens is 388 g/mol. The first kappa shape index (κ1) is 19.0. The maximum atomic E-state index is 12.2. The fraction of sp³-hybridized carbons (Fsp3) is 0.130. The number of halogens is 1. The quantitative estimate of drug-likeness (QED) is 0.465. The van der Waals surface area contributed by atoms with Crippen LogP contribution in [0.3, 0.4) is 0 Å². The molecule has 5 nitrogen and oxygen atoms in total. The molecule has 0 saturated carbocycles. The molecular formula is C23H19ClN2O3. The van der Waals surface area contributed by atoms with Gasteiger partial charge in [0.2, 0.25) is 0 Å². The zero-order valence-electron chi connectivity index (χ0n) is 15.8.